The predicted octanol–water partition coefficient (Wildman–Crippen LogP) is 4.59. The number of hydrogen-bond acceptors (Lipinski definition) is 1. The van der Waals surface area contributed by atoms with Crippen molar-refractivity contribution >= 4 is 44.3 Å². The van der Waals surface area contributed by atoms with Crippen LogP contribution in [0.5, 0.6) is 0 Å². The molecule has 0 unspecified atom stereocenters. The van der Waals surface area contributed by atoms with E-state index in [-0.39, 0.29) is 5.78 Å². The van der Waals surface area contributed by atoms with Crippen LogP contribution in [0.1, 0.15) is 21.5 Å². The van der Waals surface area contributed by atoms with E-state index in [0.29, 0.717) is 0 Å². The molecule has 0 saturated heterocycles. The van der Waals surface area contributed by atoms with Crippen LogP contribution in [0.2, 0.25) is 0 Å². The summed E-state index contributed by atoms with van der Waals surface area (Å²) >= 11 is 5.63. The molecule has 0 amide bonds. The molecule has 0 spiro atoms. The average Bonchev–Trinajstić information content (AvgIpc) is 2.29. The summed E-state index contributed by atoms with van der Waals surface area (Å²) in [5.74, 6) is 0.0754. The predicted molar refractivity (Wildman–Crippen MR) is 81.5 cm³/mol. The van der Waals surface area contributed by atoms with Gasteiger partial charge in [-0.2, -0.15) is 0 Å². The van der Waals surface area contributed by atoms with E-state index < -0.39 is 0 Å². The highest BCUT2D eigenvalue weighted by Gasteiger charge is 2.11. The highest BCUT2D eigenvalue weighted by molar-refractivity contribution is 14.1. The molecule has 0 aliphatic heterocycles. The Morgan fingerprint density at radius 3 is 2.35 bits per heavy atom. The molecule has 0 heterocycles. The number of halogens is 2. The van der Waals surface area contributed by atoms with Crippen LogP contribution in [0.25, 0.3) is 0 Å². The maximum absolute atomic E-state index is 12.3. The van der Waals surface area contributed by atoms with Crippen molar-refractivity contribution in [2.75, 3.05) is 0 Å². The summed E-state index contributed by atoms with van der Waals surface area (Å²) in [5, 5.41) is 0. The zero-order valence-electron chi connectivity index (χ0n) is 9.21. The Balaban J connectivity index is 2.40. The number of rotatable bonds is 2. The summed E-state index contributed by atoms with van der Waals surface area (Å²) in [5.41, 5.74) is 2.48. The third-order valence-corrected chi connectivity index (χ3v) is 3.75. The van der Waals surface area contributed by atoms with Gasteiger partial charge in [0, 0.05) is 19.2 Å². The Kier molecular flexibility index (Phi) is 3.99. The number of ketones is 1. The molecule has 0 saturated carbocycles. The lowest BCUT2D eigenvalue weighted by molar-refractivity contribution is 0.103. The van der Waals surface area contributed by atoms with Gasteiger partial charge in [0.25, 0.3) is 0 Å². The molecule has 1 nitrogen and oxygen atoms in total. The summed E-state index contributed by atoms with van der Waals surface area (Å²) in [6.07, 6.45) is 0. The number of aryl methyl sites for hydroxylation is 1. The quantitative estimate of drug-likeness (QED) is 0.532. The SMILES string of the molecule is Cc1cc(Br)ccc1C(=O)c1ccc(I)cc1. The summed E-state index contributed by atoms with van der Waals surface area (Å²) in [7, 11) is 0. The van der Waals surface area contributed by atoms with Gasteiger partial charge in [-0.1, -0.05) is 15.9 Å². The van der Waals surface area contributed by atoms with Gasteiger partial charge in [0.15, 0.2) is 5.78 Å². The Morgan fingerprint density at radius 2 is 1.76 bits per heavy atom. The molecule has 0 N–H and O–H groups in total. The van der Waals surface area contributed by atoms with Crippen LogP contribution >= 0.6 is 38.5 Å². The molecule has 2 aromatic carbocycles. The van der Waals surface area contributed by atoms with Gasteiger partial charge in [0.05, 0.1) is 0 Å². The number of benzene rings is 2. The normalized spacial score (nSPS) is 10.3. The van der Waals surface area contributed by atoms with E-state index in [2.05, 4.69) is 38.5 Å². The van der Waals surface area contributed by atoms with Crippen molar-refractivity contribution in [3.63, 3.8) is 0 Å². The van der Waals surface area contributed by atoms with Crippen LogP contribution in [-0.2, 0) is 0 Å². The van der Waals surface area contributed by atoms with Crippen molar-refractivity contribution in [3.05, 3.63) is 67.2 Å². The van der Waals surface area contributed by atoms with E-state index in [9.17, 15) is 4.79 Å². The Morgan fingerprint density at radius 1 is 1.12 bits per heavy atom. The third kappa shape index (κ3) is 2.96. The summed E-state index contributed by atoms with van der Waals surface area (Å²) in [6.45, 7) is 1.95. The van der Waals surface area contributed by atoms with Gasteiger partial charge >= 0.3 is 0 Å². The molecule has 0 radical (unpaired) electrons. The van der Waals surface area contributed by atoms with Crippen molar-refractivity contribution in [3.8, 4) is 0 Å². The van der Waals surface area contributed by atoms with Crippen LogP contribution in [0.15, 0.2) is 46.9 Å². The molecule has 3 heteroatoms. The highest BCUT2D eigenvalue weighted by Crippen LogP contribution is 2.19. The fourth-order valence-corrected chi connectivity index (χ4v) is 2.47. The molecule has 2 aromatic rings. The van der Waals surface area contributed by atoms with Crippen molar-refractivity contribution < 1.29 is 4.79 Å². The first kappa shape index (κ1) is 12.8. The van der Waals surface area contributed by atoms with Gasteiger partial charge < -0.3 is 0 Å². The summed E-state index contributed by atoms with van der Waals surface area (Å²) < 4.78 is 2.13. The summed E-state index contributed by atoms with van der Waals surface area (Å²) in [4.78, 5) is 12.3. The van der Waals surface area contributed by atoms with Gasteiger partial charge in [0.1, 0.15) is 0 Å². The molecular weight excluding hydrogens is 391 g/mol. The van der Waals surface area contributed by atoms with Gasteiger partial charge in [-0.05, 0) is 77.5 Å². The topological polar surface area (TPSA) is 17.1 Å². The number of hydrogen-bond donors (Lipinski definition) is 0. The number of carbonyl (C=O) groups is 1. The average molecular weight is 401 g/mol. The van der Waals surface area contributed by atoms with Crippen molar-refractivity contribution in [1.29, 1.82) is 0 Å². The zero-order valence-corrected chi connectivity index (χ0v) is 12.9. The summed E-state index contributed by atoms with van der Waals surface area (Å²) in [6, 6.07) is 13.3. The fraction of sp³-hybridized carbons (Fsp3) is 0.0714. The van der Waals surface area contributed by atoms with E-state index in [0.717, 1.165) is 24.7 Å². The molecule has 0 aromatic heterocycles. The lowest BCUT2D eigenvalue weighted by atomic mass is 9.99. The lowest BCUT2D eigenvalue weighted by Crippen LogP contribution is -2.03. The first-order valence-electron chi connectivity index (χ1n) is 5.14. The van der Waals surface area contributed by atoms with Gasteiger partial charge in [-0.15, -0.1) is 0 Å². The Labute approximate surface area is 123 Å². The van der Waals surface area contributed by atoms with E-state index in [1.54, 1.807) is 0 Å². The molecule has 0 aliphatic rings. The minimum absolute atomic E-state index is 0.0754. The third-order valence-electron chi connectivity index (χ3n) is 2.54. The van der Waals surface area contributed by atoms with Crippen LogP contribution in [0.4, 0.5) is 0 Å². The maximum atomic E-state index is 12.3. The van der Waals surface area contributed by atoms with Crippen LogP contribution < -0.4 is 0 Å². The standard InChI is InChI=1S/C14H10BrIO/c1-9-8-11(15)4-7-13(9)14(17)10-2-5-12(16)6-3-10/h2-8H,1H3. The zero-order chi connectivity index (χ0) is 12.4. The molecule has 86 valence electrons. The van der Waals surface area contributed by atoms with E-state index >= 15 is 0 Å². The smallest absolute Gasteiger partial charge is 0.193 e. The van der Waals surface area contributed by atoms with Crippen LogP contribution in [0.3, 0.4) is 0 Å². The first-order chi connectivity index (χ1) is 8.08. The molecule has 0 atom stereocenters. The monoisotopic (exact) mass is 400 g/mol. The Bertz CT molecular complexity index is 561. The fourth-order valence-electron chi connectivity index (χ4n) is 1.64. The molecule has 0 aliphatic carbocycles. The van der Waals surface area contributed by atoms with E-state index in [1.165, 1.54) is 0 Å². The van der Waals surface area contributed by atoms with Crippen LogP contribution in [-0.4, -0.2) is 5.78 Å². The molecule has 2 rings (SSSR count). The van der Waals surface area contributed by atoms with Crippen molar-refractivity contribution in [1.82, 2.24) is 0 Å². The number of carbonyl (C=O) groups excluding carboxylic acids is 1. The lowest BCUT2D eigenvalue weighted by Gasteiger charge is -2.05. The second-order valence-corrected chi connectivity index (χ2v) is 5.96. The molecular formula is C14H10BrIO. The highest BCUT2D eigenvalue weighted by atomic mass is 127. The van der Waals surface area contributed by atoms with E-state index in [4.69, 9.17) is 0 Å². The minimum Gasteiger partial charge on any atom is -0.289 e. The van der Waals surface area contributed by atoms with Crippen molar-refractivity contribution in [2.45, 2.75) is 6.92 Å². The van der Waals surface area contributed by atoms with Crippen LogP contribution in [0, 0.1) is 10.5 Å². The van der Waals surface area contributed by atoms with Gasteiger partial charge in [-0.25, -0.2) is 0 Å². The van der Waals surface area contributed by atoms with Gasteiger partial charge in [0.2, 0.25) is 0 Å². The Hall–Kier alpha value is -0.680. The molecule has 17 heavy (non-hydrogen) atoms. The minimum atomic E-state index is 0.0754. The largest absolute Gasteiger partial charge is 0.289 e. The van der Waals surface area contributed by atoms with Gasteiger partial charge in [-0.3, -0.25) is 4.79 Å². The second kappa shape index (κ2) is 5.31. The van der Waals surface area contributed by atoms with E-state index in [1.807, 2.05) is 49.4 Å². The maximum Gasteiger partial charge on any atom is 0.193 e. The molecule has 0 fully saturated rings. The second-order valence-electron chi connectivity index (χ2n) is 3.80. The first-order valence-corrected chi connectivity index (χ1v) is 7.01. The van der Waals surface area contributed by atoms with Crippen molar-refractivity contribution in [2.24, 2.45) is 0 Å². The molecule has 0 bridgehead atoms.